The molecule has 0 aliphatic carbocycles. The first-order chi connectivity index (χ1) is 16.5. The van der Waals surface area contributed by atoms with Gasteiger partial charge < -0.3 is 19.8 Å². The third-order valence-corrected chi connectivity index (χ3v) is 6.24. The summed E-state index contributed by atoms with van der Waals surface area (Å²) in [5.74, 6) is 1.45. The fourth-order valence-corrected chi connectivity index (χ4v) is 4.32. The Morgan fingerprint density at radius 1 is 1.12 bits per heavy atom. The Morgan fingerprint density at radius 3 is 2.74 bits per heavy atom. The molecule has 0 bridgehead atoms. The van der Waals surface area contributed by atoms with Gasteiger partial charge in [-0.05, 0) is 75.7 Å². The van der Waals surface area contributed by atoms with Gasteiger partial charge in [-0.15, -0.1) is 0 Å². The van der Waals surface area contributed by atoms with Crippen molar-refractivity contribution < 1.29 is 9.15 Å². The molecule has 4 aromatic rings. The Kier molecular flexibility index (Phi) is 5.93. The molecule has 0 amide bonds. The van der Waals surface area contributed by atoms with Crippen LogP contribution in [0.5, 0.6) is 5.75 Å². The summed E-state index contributed by atoms with van der Waals surface area (Å²) in [6.45, 7) is 6.41. The topological polar surface area (TPSA) is 108 Å². The number of likely N-dealkylation sites (tertiary alicyclic amines) is 1. The number of rotatable bonds is 7. The number of methoxy groups -OCH3 is 1. The van der Waals surface area contributed by atoms with Crippen molar-refractivity contribution in [2.75, 3.05) is 30.8 Å². The molecule has 3 heterocycles. The van der Waals surface area contributed by atoms with Crippen LogP contribution in [0.1, 0.15) is 36.9 Å². The first kappa shape index (κ1) is 22.0. The molecule has 5 rings (SSSR count). The van der Waals surface area contributed by atoms with E-state index in [0.29, 0.717) is 28.9 Å². The first-order valence-electron chi connectivity index (χ1n) is 11.4. The van der Waals surface area contributed by atoms with Crippen molar-refractivity contribution in [3.63, 3.8) is 0 Å². The van der Waals surface area contributed by atoms with Crippen molar-refractivity contribution >= 4 is 34.2 Å². The second-order valence-electron chi connectivity index (χ2n) is 8.61. The maximum atomic E-state index is 11.4. The normalized spacial score (nSPS) is 14.9. The van der Waals surface area contributed by atoms with Gasteiger partial charge in [-0.25, -0.2) is 9.78 Å². The molecule has 1 aliphatic rings. The lowest BCUT2D eigenvalue weighted by Gasteiger charge is -2.25. The SMILES string of the molecule is COc1cc(Nc2ncc(C)c(Nc3ccc4oc(=O)[nH]c4c3)n2)cc(C(C)N2CCCC2)c1. The number of nitrogens with one attached hydrogen (secondary N) is 3. The van der Waals surface area contributed by atoms with Crippen LogP contribution in [0.15, 0.2) is 51.8 Å². The minimum Gasteiger partial charge on any atom is -0.497 e. The van der Waals surface area contributed by atoms with E-state index in [2.05, 4.69) is 49.5 Å². The third kappa shape index (κ3) is 4.60. The van der Waals surface area contributed by atoms with Crippen LogP contribution >= 0.6 is 0 Å². The Bertz CT molecular complexity index is 1370. The summed E-state index contributed by atoms with van der Waals surface area (Å²) in [6, 6.07) is 11.9. The van der Waals surface area contributed by atoms with E-state index >= 15 is 0 Å². The summed E-state index contributed by atoms with van der Waals surface area (Å²) in [5, 5.41) is 6.63. The molecule has 1 fully saturated rings. The highest BCUT2D eigenvalue weighted by molar-refractivity contribution is 5.78. The van der Waals surface area contributed by atoms with Crippen molar-refractivity contribution in [2.45, 2.75) is 32.7 Å². The molecule has 2 aromatic heterocycles. The predicted octanol–water partition coefficient (Wildman–Crippen LogP) is 4.87. The van der Waals surface area contributed by atoms with Crippen LogP contribution in [0.25, 0.3) is 11.1 Å². The van der Waals surface area contributed by atoms with Crippen LogP contribution in [-0.2, 0) is 0 Å². The summed E-state index contributed by atoms with van der Waals surface area (Å²) in [5.41, 5.74) is 4.86. The molecule has 0 saturated carbocycles. The lowest BCUT2D eigenvalue weighted by molar-refractivity contribution is 0.262. The van der Waals surface area contributed by atoms with Crippen LogP contribution in [0, 0.1) is 6.92 Å². The maximum Gasteiger partial charge on any atom is 0.417 e. The van der Waals surface area contributed by atoms with E-state index in [4.69, 9.17) is 9.15 Å². The zero-order valence-electron chi connectivity index (χ0n) is 19.5. The van der Waals surface area contributed by atoms with Gasteiger partial charge in [-0.2, -0.15) is 4.98 Å². The number of ether oxygens (including phenoxy) is 1. The smallest absolute Gasteiger partial charge is 0.417 e. The van der Waals surface area contributed by atoms with Crippen molar-refractivity contribution in [1.82, 2.24) is 19.9 Å². The fourth-order valence-electron chi connectivity index (χ4n) is 4.32. The highest BCUT2D eigenvalue weighted by Gasteiger charge is 2.20. The second-order valence-corrected chi connectivity index (χ2v) is 8.61. The fraction of sp³-hybridized carbons (Fsp3) is 0.320. The quantitative estimate of drug-likeness (QED) is 0.358. The number of aryl methyl sites for hydroxylation is 1. The molecule has 1 unspecified atom stereocenters. The molecule has 1 atom stereocenters. The van der Waals surface area contributed by atoms with Crippen LogP contribution in [0.4, 0.5) is 23.1 Å². The number of aromatic amines is 1. The van der Waals surface area contributed by atoms with Crippen molar-refractivity contribution in [3.8, 4) is 5.75 Å². The van der Waals surface area contributed by atoms with E-state index in [0.717, 1.165) is 35.8 Å². The number of anilines is 4. The minimum absolute atomic E-state index is 0.304. The van der Waals surface area contributed by atoms with Gasteiger partial charge in [0.25, 0.3) is 0 Å². The standard InChI is InChI=1S/C25H28N6O3/c1-15-14-26-24(30-23(15)27-18-6-7-22-21(13-18)29-25(32)34-22)28-19-10-17(11-20(12-19)33-3)16(2)31-8-4-5-9-31/h6-7,10-14,16H,4-5,8-9H2,1-3H3,(H,29,32)(H2,26,27,28,30). The van der Waals surface area contributed by atoms with E-state index in [9.17, 15) is 4.79 Å². The zero-order chi connectivity index (χ0) is 23.7. The summed E-state index contributed by atoms with van der Waals surface area (Å²) in [4.78, 5) is 25.7. The van der Waals surface area contributed by atoms with Gasteiger partial charge in [0.2, 0.25) is 5.95 Å². The van der Waals surface area contributed by atoms with E-state index in [1.54, 1.807) is 19.4 Å². The molecule has 0 radical (unpaired) electrons. The molecule has 34 heavy (non-hydrogen) atoms. The molecular weight excluding hydrogens is 432 g/mol. The highest BCUT2D eigenvalue weighted by atomic mass is 16.5. The molecule has 1 saturated heterocycles. The largest absolute Gasteiger partial charge is 0.497 e. The molecule has 0 spiro atoms. The summed E-state index contributed by atoms with van der Waals surface area (Å²) < 4.78 is 10.6. The Labute approximate surface area is 197 Å². The Balaban J connectivity index is 1.39. The molecular formula is C25H28N6O3. The van der Waals surface area contributed by atoms with E-state index in [1.165, 1.54) is 18.4 Å². The van der Waals surface area contributed by atoms with Crippen LogP contribution in [0.3, 0.4) is 0 Å². The number of oxazole rings is 1. The van der Waals surface area contributed by atoms with Crippen LogP contribution in [-0.4, -0.2) is 40.1 Å². The third-order valence-electron chi connectivity index (χ3n) is 6.24. The number of aromatic nitrogens is 3. The molecule has 2 aromatic carbocycles. The van der Waals surface area contributed by atoms with Gasteiger partial charge >= 0.3 is 5.76 Å². The van der Waals surface area contributed by atoms with Gasteiger partial charge in [0, 0.05) is 35.2 Å². The molecule has 9 heteroatoms. The number of nitrogens with zero attached hydrogens (tertiary/aromatic N) is 3. The van der Waals surface area contributed by atoms with Gasteiger partial charge in [-0.3, -0.25) is 9.88 Å². The highest BCUT2D eigenvalue weighted by Crippen LogP contribution is 2.31. The maximum absolute atomic E-state index is 11.4. The average Bonchev–Trinajstić information content (AvgIpc) is 3.49. The van der Waals surface area contributed by atoms with E-state index in [-0.39, 0.29) is 0 Å². The molecule has 3 N–H and O–H groups in total. The number of fused-ring (bicyclic) bond motifs is 1. The minimum atomic E-state index is -0.478. The van der Waals surface area contributed by atoms with Gasteiger partial charge in [0.15, 0.2) is 5.58 Å². The second kappa shape index (κ2) is 9.18. The van der Waals surface area contributed by atoms with Gasteiger partial charge in [0.1, 0.15) is 11.6 Å². The van der Waals surface area contributed by atoms with Gasteiger partial charge in [0.05, 0.1) is 12.6 Å². The van der Waals surface area contributed by atoms with Crippen molar-refractivity contribution in [3.05, 3.63) is 64.3 Å². The van der Waals surface area contributed by atoms with E-state index in [1.807, 2.05) is 25.1 Å². The summed E-state index contributed by atoms with van der Waals surface area (Å²) in [7, 11) is 1.68. The van der Waals surface area contributed by atoms with Gasteiger partial charge in [-0.1, -0.05) is 0 Å². The molecule has 1 aliphatic heterocycles. The Morgan fingerprint density at radius 2 is 1.94 bits per heavy atom. The molecule has 9 nitrogen and oxygen atoms in total. The number of H-pyrrole nitrogens is 1. The lowest BCUT2D eigenvalue weighted by Crippen LogP contribution is -2.23. The predicted molar refractivity (Wildman–Crippen MR) is 132 cm³/mol. The summed E-state index contributed by atoms with van der Waals surface area (Å²) >= 11 is 0. The molecule has 176 valence electrons. The van der Waals surface area contributed by atoms with Crippen LogP contribution < -0.4 is 21.1 Å². The Hall–Kier alpha value is -3.85. The first-order valence-corrected chi connectivity index (χ1v) is 11.4. The number of hydrogen-bond acceptors (Lipinski definition) is 8. The lowest BCUT2D eigenvalue weighted by atomic mass is 10.1. The van der Waals surface area contributed by atoms with E-state index < -0.39 is 5.76 Å². The average molecular weight is 461 g/mol. The number of benzene rings is 2. The number of hydrogen-bond donors (Lipinski definition) is 3. The van der Waals surface area contributed by atoms with Crippen LogP contribution in [0.2, 0.25) is 0 Å². The monoisotopic (exact) mass is 460 g/mol. The van der Waals surface area contributed by atoms with Crippen molar-refractivity contribution in [1.29, 1.82) is 0 Å². The zero-order valence-corrected chi connectivity index (χ0v) is 19.5. The summed E-state index contributed by atoms with van der Waals surface area (Å²) in [6.07, 6.45) is 4.26. The van der Waals surface area contributed by atoms with Crippen molar-refractivity contribution in [2.24, 2.45) is 0 Å².